The minimum atomic E-state index is -4.40. The van der Waals surface area contributed by atoms with Crippen molar-refractivity contribution in [2.24, 2.45) is 0 Å². The molecule has 0 aliphatic heterocycles. The van der Waals surface area contributed by atoms with Crippen molar-refractivity contribution in [3.8, 4) is 0 Å². The molecular formula is C46H81NO8P+. The number of quaternary nitrogens is 1. The van der Waals surface area contributed by atoms with Crippen molar-refractivity contribution in [2.75, 3.05) is 47.5 Å². The molecule has 9 nitrogen and oxygen atoms in total. The highest BCUT2D eigenvalue weighted by molar-refractivity contribution is 7.47. The second-order valence-corrected chi connectivity index (χ2v) is 16.8. The van der Waals surface area contributed by atoms with E-state index in [1.807, 2.05) is 21.1 Å². The third-order valence-corrected chi connectivity index (χ3v) is 9.70. The van der Waals surface area contributed by atoms with Crippen LogP contribution in [0.25, 0.3) is 0 Å². The lowest BCUT2D eigenvalue weighted by Crippen LogP contribution is -2.37. The second-order valence-electron chi connectivity index (χ2n) is 15.3. The van der Waals surface area contributed by atoms with Gasteiger partial charge in [-0.1, -0.05) is 138 Å². The van der Waals surface area contributed by atoms with Crippen molar-refractivity contribution >= 4 is 19.8 Å². The van der Waals surface area contributed by atoms with E-state index < -0.39 is 32.5 Å². The second kappa shape index (κ2) is 38.0. The molecule has 0 saturated heterocycles. The Morgan fingerprint density at radius 2 is 1.04 bits per heavy atom. The van der Waals surface area contributed by atoms with E-state index in [0.29, 0.717) is 23.9 Å². The molecule has 0 aliphatic rings. The van der Waals surface area contributed by atoms with E-state index in [2.05, 4.69) is 86.8 Å². The third kappa shape index (κ3) is 41.1. The quantitative estimate of drug-likeness (QED) is 0.0216. The molecule has 0 bridgehead atoms. The molecule has 0 radical (unpaired) electrons. The van der Waals surface area contributed by atoms with Gasteiger partial charge in [0.25, 0.3) is 0 Å². The number of carbonyl (C=O) groups excluding carboxylic acids is 2. The number of esters is 2. The largest absolute Gasteiger partial charge is 0.472 e. The van der Waals surface area contributed by atoms with Gasteiger partial charge >= 0.3 is 19.8 Å². The number of ether oxygens (including phenoxy) is 2. The standard InChI is InChI=1S/C46H80NO8P/c1-6-8-10-12-14-16-18-20-22-23-25-27-29-31-33-35-37-39-46(49)55-44(43-54-56(50,51)53-41-40-47(3,4)5)42-52-45(48)38-36-34-32-30-28-26-24-21-19-17-15-13-11-9-7-2/h9,11,15,17,21,24-25,27-28,30-31,33,44H,6-8,10,12-14,16,18-20,22-23,26,29,32,34-43H2,1-5H3/p+1/b11-9+,17-15+,24-21+,27-25+,30-28+,33-31+/t44-/m1/s1. The topological polar surface area (TPSA) is 108 Å². The summed E-state index contributed by atoms with van der Waals surface area (Å²) in [7, 11) is 1.42. The minimum Gasteiger partial charge on any atom is -0.462 e. The minimum absolute atomic E-state index is 0.0141. The normalized spacial score (nSPS) is 14.3. The lowest BCUT2D eigenvalue weighted by Gasteiger charge is -2.24. The summed E-state index contributed by atoms with van der Waals surface area (Å²) in [5.74, 6) is -0.907. The third-order valence-electron chi connectivity index (χ3n) is 8.72. The number of phosphoric acid groups is 1. The smallest absolute Gasteiger partial charge is 0.462 e. The van der Waals surface area contributed by atoms with Gasteiger partial charge in [-0.15, -0.1) is 0 Å². The van der Waals surface area contributed by atoms with Gasteiger partial charge in [0.1, 0.15) is 19.8 Å². The Morgan fingerprint density at radius 3 is 1.57 bits per heavy atom. The van der Waals surface area contributed by atoms with Gasteiger partial charge in [-0.25, -0.2) is 4.57 Å². The molecule has 0 fully saturated rings. The van der Waals surface area contributed by atoms with E-state index in [4.69, 9.17) is 18.5 Å². The van der Waals surface area contributed by atoms with Crippen LogP contribution in [0, 0.1) is 0 Å². The van der Waals surface area contributed by atoms with Crippen LogP contribution >= 0.6 is 7.82 Å². The highest BCUT2D eigenvalue weighted by Crippen LogP contribution is 2.43. The Balaban J connectivity index is 4.52. The molecule has 0 aromatic heterocycles. The van der Waals surface area contributed by atoms with E-state index >= 15 is 0 Å². The Morgan fingerprint density at radius 1 is 0.571 bits per heavy atom. The summed E-state index contributed by atoms with van der Waals surface area (Å²) >= 11 is 0. The molecule has 1 unspecified atom stereocenters. The SMILES string of the molecule is CC/C=C/C/C=C/C/C=C/C/C=C/CCCCC(=O)OC[C@H](COP(=O)(O)OCC[N+](C)(C)C)OC(=O)CCC/C=C/C/C=C/CCCCCCCCCCC. The van der Waals surface area contributed by atoms with Gasteiger partial charge < -0.3 is 18.9 Å². The summed E-state index contributed by atoms with van der Waals surface area (Å²) < 4.78 is 34.2. The van der Waals surface area contributed by atoms with Crippen LogP contribution in [0.4, 0.5) is 0 Å². The van der Waals surface area contributed by atoms with Gasteiger partial charge in [-0.05, 0) is 77.0 Å². The van der Waals surface area contributed by atoms with Gasteiger partial charge in [0.15, 0.2) is 6.10 Å². The maximum absolute atomic E-state index is 12.7. The average molecular weight is 807 g/mol. The van der Waals surface area contributed by atoms with E-state index in [-0.39, 0.29) is 26.1 Å². The summed E-state index contributed by atoms with van der Waals surface area (Å²) in [6.07, 6.45) is 46.8. The van der Waals surface area contributed by atoms with Crippen molar-refractivity contribution in [1.29, 1.82) is 0 Å². The van der Waals surface area contributed by atoms with Crippen LogP contribution in [0.15, 0.2) is 72.9 Å². The Bertz CT molecular complexity index is 1180. The van der Waals surface area contributed by atoms with Gasteiger partial charge in [-0.2, -0.15) is 0 Å². The summed E-state index contributed by atoms with van der Waals surface area (Å²) in [5, 5.41) is 0. The molecule has 0 spiro atoms. The van der Waals surface area contributed by atoms with Crippen LogP contribution in [0.1, 0.15) is 155 Å². The zero-order valence-corrected chi connectivity index (χ0v) is 37.0. The molecule has 56 heavy (non-hydrogen) atoms. The highest BCUT2D eigenvalue weighted by atomic mass is 31.2. The van der Waals surface area contributed by atoms with Crippen molar-refractivity contribution in [2.45, 2.75) is 161 Å². The van der Waals surface area contributed by atoms with Crippen LogP contribution in [0.5, 0.6) is 0 Å². The Hall–Kier alpha value is -2.55. The monoisotopic (exact) mass is 807 g/mol. The maximum atomic E-state index is 12.7. The van der Waals surface area contributed by atoms with Gasteiger partial charge in [0.2, 0.25) is 0 Å². The number of phosphoric ester groups is 1. The Labute approximate surface area is 342 Å². The predicted molar refractivity (Wildman–Crippen MR) is 233 cm³/mol. The molecular weight excluding hydrogens is 725 g/mol. The summed E-state index contributed by atoms with van der Waals surface area (Å²) in [5.41, 5.74) is 0. The number of allylic oxidation sites excluding steroid dienone is 12. The lowest BCUT2D eigenvalue weighted by atomic mass is 10.1. The molecule has 322 valence electrons. The average Bonchev–Trinajstić information content (AvgIpc) is 3.15. The lowest BCUT2D eigenvalue weighted by molar-refractivity contribution is -0.870. The fourth-order valence-corrected chi connectivity index (χ4v) is 6.08. The van der Waals surface area contributed by atoms with E-state index in [0.717, 1.165) is 57.8 Å². The van der Waals surface area contributed by atoms with Crippen LogP contribution in [-0.4, -0.2) is 74.9 Å². The fraction of sp³-hybridized carbons (Fsp3) is 0.696. The Kier molecular flexibility index (Phi) is 36.3. The summed E-state index contributed by atoms with van der Waals surface area (Å²) in [4.78, 5) is 35.3. The maximum Gasteiger partial charge on any atom is 0.472 e. The summed E-state index contributed by atoms with van der Waals surface area (Å²) in [6, 6.07) is 0. The molecule has 1 N–H and O–H groups in total. The van der Waals surface area contributed by atoms with E-state index in [1.54, 1.807) is 0 Å². The highest BCUT2D eigenvalue weighted by Gasteiger charge is 2.27. The first-order valence-corrected chi connectivity index (χ1v) is 23.2. The molecule has 0 aromatic carbocycles. The van der Waals surface area contributed by atoms with Crippen LogP contribution in [0.3, 0.4) is 0 Å². The van der Waals surface area contributed by atoms with Crippen molar-refractivity contribution in [3.05, 3.63) is 72.9 Å². The van der Waals surface area contributed by atoms with Crippen LogP contribution < -0.4 is 0 Å². The fourth-order valence-electron chi connectivity index (χ4n) is 5.34. The zero-order valence-electron chi connectivity index (χ0n) is 36.1. The van der Waals surface area contributed by atoms with Crippen molar-refractivity contribution in [3.63, 3.8) is 0 Å². The number of hydrogen-bond donors (Lipinski definition) is 1. The van der Waals surface area contributed by atoms with Crippen molar-refractivity contribution < 1.29 is 42.1 Å². The first kappa shape index (κ1) is 53.5. The number of rotatable bonds is 38. The number of unbranched alkanes of at least 4 members (excludes halogenated alkanes) is 12. The molecule has 10 heteroatoms. The molecule has 0 saturated carbocycles. The van der Waals surface area contributed by atoms with E-state index in [9.17, 15) is 19.0 Å². The summed E-state index contributed by atoms with van der Waals surface area (Å²) in [6.45, 7) is 4.19. The molecule has 0 aromatic rings. The number of carbonyl (C=O) groups is 2. The number of nitrogens with zero attached hydrogens (tertiary/aromatic N) is 1. The zero-order chi connectivity index (χ0) is 41.4. The molecule has 2 atom stereocenters. The molecule has 0 aliphatic carbocycles. The van der Waals surface area contributed by atoms with E-state index in [1.165, 1.54) is 57.8 Å². The predicted octanol–water partition coefficient (Wildman–Crippen LogP) is 12.2. The number of likely N-dealkylation sites (N-methyl/N-ethyl adjacent to an activating group) is 1. The number of hydrogen-bond acceptors (Lipinski definition) is 7. The molecule has 0 rings (SSSR count). The van der Waals surface area contributed by atoms with Crippen molar-refractivity contribution in [1.82, 2.24) is 0 Å². The van der Waals surface area contributed by atoms with Gasteiger partial charge in [0.05, 0.1) is 27.7 Å². The molecule has 0 amide bonds. The van der Waals surface area contributed by atoms with Gasteiger partial charge in [-0.3, -0.25) is 18.6 Å². The van der Waals surface area contributed by atoms with Crippen LogP contribution in [0.2, 0.25) is 0 Å². The first-order chi connectivity index (χ1) is 27.0. The van der Waals surface area contributed by atoms with Crippen LogP contribution in [-0.2, 0) is 32.7 Å². The first-order valence-electron chi connectivity index (χ1n) is 21.7. The van der Waals surface area contributed by atoms with Gasteiger partial charge in [0, 0.05) is 12.8 Å². The molecule has 0 heterocycles.